The third kappa shape index (κ3) is 5.98. The van der Waals surface area contributed by atoms with Gasteiger partial charge in [0.2, 0.25) is 15.9 Å². The highest BCUT2D eigenvalue weighted by molar-refractivity contribution is 7.92. The fraction of sp³-hybridized carbons (Fsp3) is 0.368. The Balaban J connectivity index is 1.46. The average molecular weight is 420 g/mol. The van der Waals surface area contributed by atoms with Crippen molar-refractivity contribution in [2.45, 2.75) is 0 Å². The fourth-order valence-corrected chi connectivity index (χ4v) is 3.52. The van der Waals surface area contributed by atoms with Crippen LogP contribution in [0.5, 0.6) is 11.6 Å². The van der Waals surface area contributed by atoms with Crippen molar-refractivity contribution in [2.24, 2.45) is 0 Å². The number of nitrogens with one attached hydrogen (secondary N) is 1. The van der Waals surface area contributed by atoms with Gasteiger partial charge in [-0.05, 0) is 30.3 Å². The summed E-state index contributed by atoms with van der Waals surface area (Å²) >= 11 is 0. The highest BCUT2D eigenvalue weighted by Gasteiger charge is 2.21. The van der Waals surface area contributed by atoms with Gasteiger partial charge in [0.1, 0.15) is 5.75 Å². The molecule has 1 aliphatic rings. The van der Waals surface area contributed by atoms with E-state index in [9.17, 15) is 13.2 Å². The fourth-order valence-electron chi connectivity index (χ4n) is 2.97. The SMILES string of the molecule is COc1ccc(N2CCN(C(=O)COc3ccc(NS(C)(=O)=O)cn3)CC2)cc1. The van der Waals surface area contributed by atoms with E-state index in [0.717, 1.165) is 30.8 Å². The number of aromatic nitrogens is 1. The molecule has 3 rings (SSSR count). The summed E-state index contributed by atoms with van der Waals surface area (Å²) < 4.78 is 35.3. The minimum Gasteiger partial charge on any atom is -0.497 e. The van der Waals surface area contributed by atoms with E-state index in [1.807, 2.05) is 24.3 Å². The molecule has 1 amide bonds. The lowest BCUT2D eigenvalue weighted by Crippen LogP contribution is -2.50. The standard InChI is InChI=1S/C19H24N4O5S/c1-27-17-6-4-16(5-7-17)22-9-11-23(12-10-22)19(24)14-28-18-8-3-15(13-20-18)21-29(2,25)26/h3-8,13,21H,9-12,14H2,1-2H3. The van der Waals surface area contributed by atoms with Gasteiger partial charge >= 0.3 is 0 Å². The number of ether oxygens (including phenoxy) is 2. The van der Waals surface area contributed by atoms with Crippen molar-refractivity contribution >= 4 is 27.3 Å². The van der Waals surface area contributed by atoms with Crippen LogP contribution in [0.25, 0.3) is 0 Å². The number of rotatable bonds is 7. The average Bonchev–Trinajstić information content (AvgIpc) is 2.72. The summed E-state index contributed by atoms with van der Waals surface area (Å²) in [5, 5.41) is 0. The van der Waals surface area contributed by atoms with Crippen molar-refractivity contribution in [1.82, 2.24) is 9.88 Å². The Labute approximate surface area is 170 Å². The molecule has 2 heterocycles. The molecule has 29 heavy (non-hydrogen) atoms. The van der Waals surface area contributed by atoms with Crippen LogP contribution >= 0.6 is 0 Å². The molecule has 2 aromatic rings. The van der Waals surface area contributed by atoms with Crippen LogP contribution in [0.2, 0.25) is 0 Å². The highest BCUT2D eigenvalue weighted by atomic mass is 32.2. The molecule has 1 N–H and O–H groups in total. The second-order valence-electron chi connectivity index (χ2n) is 6.61. The van der Waals surface area contributed by atoms with Gasteiger partial charge in [-0.2, -0.15) is 0 Å². The van der Waals surface area contributed by atoms with Crippen molar-refractivity contribution in [3.63, 3.8) is 0 Å². The predicted octanol–water partition coefficient (Wildman–Crippen LogP) is 1.19. The summed E-state index contributed by atoms with van der Waals surface area (Å²) in [6, 6.07) is 10.9. The highest BCUT2D eigenvalue weighted by Crippen LogP contribution is 2.20. The molecule has 0 bridgehead atoms. The maximum atomic E-state index is 12.4. The number of nitrogens with zero attached hydrogens (tertiary/aromatic N) is 3. The summed E-state index contributed by atoms with van der Waals surface area (Å²) in [7, 11) is -1.72. The Morgan fingerprint density at radius 2 is 1.79 bits per heavy atom. The lowest BCUT2D eigenvalue weighted by atomic mass is 10.2. The van der Waals surface area contributed by atoms with Gasteiger partial charge < -0.3 is 19.3 Å². The molecular formula is C19H24N4O5S. The van der Waals surface area contributed by atoms with E-state index >= 15 is 0 Å². The van der Waals surface area contributed by atoms with Crippen LogP contribution in [0.3, 0.4) is 0 Å². The van der Waals surface area contributed by atoms with E-state index in [4.69, 9.17) is 9.47 Å². The number of sulfonamides is 1. The first-order valence-electron chi connectivity index (χ1n) is 9.07. The number of pyridine rings is 1. The topological polar surface area (TPSA) is 101 Å². The lowest BCUT2D eigenvalue weighted by molar-refractivity contribution is -0.133. The number of carbonyl (C=O) groups is 1. The van der Waals surface area contributed by atoms with E-state index in [0.29, 0.717) is 18.8 Å². The number of hydrogen-bond acceptors (Lipinski definition) is 7. The van der Waals surface area contributed by atoms with Gasteiger partial charge in [-0.15, -0.1) is 0 Å². The number of methoxy groups -OCH3 is 1. The summed E-state index contributed by atoms with van der Waals surface area (Å²) in [4.78, 5) is 20.4. The van der Waals surface area contributed by atoms with Crippen LogP contribution in [0.1, 0.15) is 0 Å². The van der Waals surface area contributed by atoms with Gasteiger partial charge in [-0.3, -0.25) is 9.52 Å². The van der Waals surface area contributed by atoms with E-state index in [2.05, 4.69) is 14.6 Å². The zero-order chi connectivity index (χ0) is 20.9. The van der Waals surface area contributed by atoms with Crippen LogP contribution < -0.4 is 19.1 Å². The zero-order valence-corrected chi connectivity index (χ0v) is 17.2. The van der Waals surface area contributed by atoms with Crippen molar-refractivity contribution < 1.29 is 22.7 Å². The minimum absolute atomic E-state index is 0.112. The number of benzene rings is 1. The van der Waals surface area contributed by atoms with E-state index in [1.165, 1.54) is 18.3 Å². The van der Waals surface area contributed by atoms with Crippen molar-refractivity contribution in [1.29, 1.82) is 0 Å². The molecule has 0 saturated carbocycles. The molecule has 10 heteroatoms. The molecule has 156 valence electrons. The third-order valence-electron chi connectivity index (χ3n) is 4.45. The van der Waals surface area contributed by atoms with Crippen molar-refractivity contribution in [3.8, 4) is 11.6 Å². The molecular weight excluding hydrogens is 396 g/mol. The van der Waals surface area contributed by atoms with Gasteiger partial charge in [0, 0.05) is 37.9 Å². The Hall–Kier alpha value is -3.01. The molecule has 9 nitrogen and oxygen atoms in total. The van der Waals surface area contributed by atoms with Gasteiger partial charge in [0.05, 0.1) is 25.2 Å². The van der Waals surface area contributed by atoms with E-state index < -0.39 is 10.0 Å². The van der Waals surface area contributed by atoms with Crippen molar-refractivity contribution in [2.75, 3.05) is 55.8 Å². The Morgan fingerprint density at radius 1 is 1.10 bits per heavy atom. The maximum Gasteiger partial charge on any atom is 0.260 e. The molecule has 1 aromatic carbocycles. The second-order valence-corrected chi connectivity index (χ2v) is 8.36. The quantitative estimate of drug-likeness (QED) is 0.718. The first kappa shape index (κ1) is 20.7. The van der Waals surface area contributed by atoms with Crippen LogP contribution in [0, 0.1) is 0 Å². The number of anilines is 2. The smallest absolute Gasteiger partial charge is 0.260 e. The summed E-state index contributed by atoms with van der Waals surface area (Å²) in [6.45, 7) is 2.58. The van der Waals surface area contributed by atoms with Crippen LogP contribution in [0.4, 0.5) is 11.4 Å². The molecule has 0 unspecified atom stereocenters. The van der Waals surface area contributed by atoms with Crippen molar-refractivity contribution in [3.05, 3.63) is 42.6 Å². The Kier molecular flexibility index (Phi) is 6.42. The molecule has 1 fully saturated rings. The zero-order valence-electron chi connectivity index (χ0n) is 16.4. The normalized spacial score (nSPS) is 14.4. The second kappa shape index (κ2) is 8.99. The van der Waals surface area contributed by atoms with Gasteiger partial charge in [0.15, 0.2) is 6.61 Å². The largest absolute Gasteiger partial charge is 0.497 e. The van der Waals surface area contributed by atoms with E-state index in [-0.39, 0.29) is 18.4 Å². The minimum atomic E-state index is -3.36. The predicted molar refractivity (Wildman–Crippen MR) is 110 cm³/mol. The van der Waals surface area contributed by atoms with Crippen LogP contribution in [-0.4, -0.2) is 70.4 Å². The summed E-state index contributed by atoms with van der Waals surface area (Å²) in [5.41, 5.74) is 1.43. The molecule has 1 aliphatic heterocycles. The van der Waals surface area contributed by atoms with Gasteiger partial charge in [-0.25, -0.2) is 13.4 Å². The number of piperazine rings is 1. The summed E-state index contributed by atoms with van der Waals surface area (Å²) in [6.07, 6.45) is 2.40. The van der Waals surface area contributed by atoms with Crippen LogP contribution in [-0.2, 0) is 14.8 Å². The molecule has 0 radical (unpaired) electrons. The molecule has 0 atom stereocenters. The van der Waals surface area contributed by atoms with E-state index in [1.54, 1.807) is 12.0 Å². The molecule has 0 aliphatic carbocycles. The molecule has 1 saturated heterocycles. The van der Waals surface area contributed by atoms with Gasteiger partial charge in [-0.1, -0.05) is 0 Å². The van der Waals surface area contributed by atoms with Crippen LogP contribution in [0.15, 0.2) is 42.6 Å². The number of amides is 1. The molecule has 1 aromatic heterocycles. The Bertz CT molecular complexity index is 924. The third-order valence-corrected chi connectivity index (χ3v) is 5.06. The first-order valence-corrected chi connectivity index (χ1v) is 11.0. The monoisotopic (exact) mass is 420 g/mol. The van der Waals surface area contributed by atoms with Gasteiger partial charge in [0.25, 0.3) is 5.91 Å². The number of carbonyl (C=O) groups excluding carboxylic acids is 1. The maximum absolute atomic E-state index is 12.4. The lowest BCUT2D eigenvalue weighted by Gasteiger charge is -2.36. The Morgan fingerprint density at radius 3 is 2.34 bits per heavy atom. The molecule has 0 spiro atoms. The summed E-state index contributed by atoms with van der Waals surface area (Å²) in [5.74, 6) is 0.960. The first-order chi connectivity index (χ1) is 13.8. The number of hydrogen-bond donors (Lipinski definition) is 1.